The predicted molar refractivity (Wildman–Crippen MR) is 94.5 cm³/mol. The predicted octanol–water partition coefficient (Wildman–Crippen LogP) is 3.36. The van der Waals surface area contributed by atoms with Gasteiger partial charge in [-0.15, -0.1) is 12.4 Å². The molecule has 0 spiro atoms. The summed E-state index contributed by atoms with van der Waals surface area (Å²) in [5, 5.41) is 6.47. The van der Waals surface area contributed by atoms with Crippen LogP contribution in [0.3, 0.4) is 0 Å². The number of nitrogens with one attached hydrogen (secondary N) is 1. The molecule has 0 aliphatic carbocycles. The molecule has 0 unspecified atom stereocenters. The van der Waals surface area contributed by atoms with Gasteiger partial charge in [-0.3, -0.25) is 4.79 Å². The summed E-state index contributed by atoms with van der Waals surface area (Å²) in [5.41, 5.74) is 1.75. The summed E-state index contributed by atoms with van der Waals surface area (Å²) in [5.74, 6) is 0.479. The molecule has 0 radical (unpaired) electrons. The van der Waals surface area contributed by atoms with Crippen LogP contribution in [-0.4, -0.2) is 37.0 Å². The summed E-state index contributed by atoms with van der Waals surface area (Å²) in [6, 6.07) is 12.2. The lowest BCUT2D eigenvalue weighted by Crippen LogP contribution is -2.46. The van der Waals surface area contributed by atoms with E-state index in [-0.39, 0.29) is 18.3 Å². The molecule has 1 amide bonds. The van der Waals surface area contributed by atoms with Gasteiger partial charge >= 0.3 is 0 Å². The first-order valence-electron chi connectivity index (χ1n) is 7.66. The van der Waals surface area contributed by atoms with E-state index < -0.39 is 0 Å². The molecular weight excluding hydrogens is 312 g/mol. The summed E-state index contributed by atoms with van der Waals surface area (Å²) >= 11 is 0. The largest absolute Gasteiger partial charge is 0.450 e. The van der Waals surface area contributed by atoms with Crippen LogP contribution in [0, 0.1) is 6.92 Å². The number of aryl methyl sites for hydroxylation is 1. The third kappa shape index (κ3) is 2.58. The van der Waals surface area contributed by atoms with E-state index >= 15 is 0 Å². The van der Waals surface area contributed by atoms with Crippen LogP contribution in [-0.2, 0) is 0 Å². The number of piperazine rings is 1. The maximum Gasteiger partial charge on any atom is 0.289 e. The van der Waals surface area contributed by atoms with Crippen molar-refractivity contribution in [2.45, 2.75) is 6.92 Å². The summed E-state index contributed by atoms with van der Waals surface area (Å²) in [6.07, 6.45) is 0. The van der Waals surface area contributed by atoms with Gasteiger partial charge in [0, 0.05) is 42.5 Å². The van der Waals surface area contributed by atoms with Crippen LogP contribution in [0.4, 0.5) is 0 Å². The van der Waals surface area contributed by atoms with Crippen molar-refractivity contribution in [3.05, 3.63) is 47.7 Å². The van der Waals surface area contributed by atoms with Gasteiger partial charge in [-0.25, -0.2) is 0 Å². The van der Waals surface area contributed by atoms with Gasteiger partial charge in [-0.05, 0) is 12.3 Å². The Bertz CT molecular complexity index is 866. The minimum Gasteiger partial charge on any atom is -0.450 e. The highest BCUT2D eigenvalue weighted by atomic mass is 35.5. The molecule has 0 bridgehead atoms. The topological polar surface area (TPSA) is 45.5 Å². The van der Waals surface area contributed by atoms with E-state index in [4.69, 9.17) is 4.42 Å². The number of benzene rings is 2. The normalized spacial score (nSPS) is 14.9. The fourth-order valence-electron chi connectivity index (χ4n) is 3.16. The van der Waals surface area contributed by atoms with Gasteiger partial charge in [-0.2, -0.15) is 0 Å². The van der Waals surface area contributed by atoms with E-state index in [0.717, 1.165) is 53.5 Å². The van der Waals surface area contributed by atoms with Crippen LogP contribution < -0.4 is 5.32 Å². The zero-order valence-electron chi connectivity index (χ0n) is 13.0. The molecule has 1 N–H and O–H groups in total. The van der Waals surface area contributed by atoms with Gasteiger partial charge in [0.15, 0.2) is 5.76 Å². The first-order valence-corrected chi connectivity index (χ1v) is 7.66. The summed E-state index contributed by atoms with van der Waals surface area (Å²) in [4.78, 5) is 14.6. The van der Waals surface area contributed by atoms with Crippen molar-refractivity contribution >= 4 is 40.1 Å². The Morgan fingerprint density at radius 3 is 2.61 bits per heavy atom. The lowest BCUT2D eigenvalue weighted by atomic mass is 10.1. The molecule has 1 aliphatic rings. The highest BCUT2D eigenvalue weighted by molar-refractivity contribution is 6.08. The molecule has 1 aromatic heterocycles. The Morgan fingerprint density at radius 2 is 1.83 bits per heavy atom. The number of fused-ring (bicyclic) bond motifs is 3. The number of hydrogen-bond acceptors (Lipinski definition) is 3. The maximum atomic E-state index is 12.7. The standard InChI is InChI=1S/C18H18N2O2.ClH/c1-12-14-7-6-13-4-2-3-5-15(13)17(14)22-16(12)18(21)20-10-8-19-9-11-20;/h2-7,19H,8-11H2,1H3;1H. The SMILES string of the molecule is Cc1c(C(=O)N2CCNCC2)oc2c1ccc1ccccc12.Cl. The molecule has 2 heterocycles. The number of amides is 1. The van der Waals surface area contributed by atoms with Gasteiger partial charge in [0.25, 0.3) is 5.91 Å². The van der Waals surface area contributed by atoms with Crippen molar-refractivity contribution in [3.63, 3.8) is 0 Å². The molecule has 1 saturated heterocycles. The molecule has 0 atom stereocenters. The third-order valence-corrected chi connectivity index (χ3v) is 4.43. The van der Waals surface area contributed by atoms with Crippen LogP contribution in [0.1, 0.15) is 16.1 Å². The third-order valence-electron chi connectivity index (χ3n) is 4.43. The van der Waals surface area contributed by atoms with E-state index in [9.17, 15) is 4.79 Å². The molecule has 23 heavy (non-hydrogen) atoms. The zero-order valence-corrected chi connectivity index (χ0v) is 13.8. The van der Waals surface area contributed by atoms with Crippen molar-refractivity contribution in [2.24, 2.45) is 0 Å². The van der Waals surface area contributed by atoms with Crippen LogP contribution in [0.5, 0.6) is 0 Å². The second-order valence-corrected chi connectivity index (χ2v) is 5.76. The Balaban J connectivity index is 0.00000156. The van der Waals surface area contributed by atoms with Crippen molar-refractivity contribution in [1.82, 2.24) is 10.2 Å². The Labute approximate surface area is 140 Å². The number of carbonyl (C=O) groups is 1. The van der Waals surface area contributed by atoms with Crippen molar-refractivity contribution in [3.8, 4) is 0 Å². The van der Waals surface area contributed by atoms with Crippen molar-refractivity contribution in [2.75, 3.05) is 26.2 Å². The van der Waals surface area contributed by atoms with Gasteiger partial charge in [-0.1, -0.05) is 36.4 Å². The fraction of sp³-hybridized carbons (Fsp3) is 0.278. The lowest BCUT2D eigenvalue weighted by Gasteiger charge is -2.26. The smallest absolute Gasteiger partial charge is 0.289 e. The van der Waals surface area contributed by atoms with Gasteiger partial charge in [0.05, 0.1) is 0 Å². The number of hydrogen-bond donors (Lipinski definition) is 1. The average molecular weight is 331 g/mol. The van der Waals surface area contributed by atoms with Gasteiger partial charge < -0.3 is 14.6 Å². The number of nitrogens with zero attached hydrogens (tertiary/aromatic N) is 1. The summed E-state index contributed by atoms with van der Waals surface area (Å²) in [7, 11) is 0. The number of halogens is 1. The quantitative estimate of drug-likeness (QED) is 0.744. The first kappa shape index (κ1) is 15.8. The Hall–Kier alpha value is -2.04. The second-order valence-electron chi connectivity index (χ2n) is 5.76. The molecule has 5 heteroatoms. The van der Waals surface area contributed by atoms with E-state index in [1.54, 1.807) is 0 Å². The molecule has 4 rings (SSSR count). The summed E-state index contributed by atoms with van der Waals surface area (Å²) in [6.45, 7) is 5.12. The van der Waals surface area contributed by atoms with Crippen molar-refractivity contribution in [1.29, 1.82) is 0 Å². The van der Waals surface area contributed by atoms with Gasteiger partial charge in [0.2, 0.25) is 0 Å². The molecular formula is C18H19ClN2O2. The molecule has 1 aliphatic heterocycles. The highest BCUT2D eigenvalue weighted by Crippen LogP contribution is 2.32. The molecule has 4 nitrogen and oxygen atoms in total. The lowest BCUT2D eigenvalue weighted by molar-refractivity contribution is 0.0705. The molecule has 120 valence electrons. The molecule has 3 aromatic rings. The number of rotatable bonds is 1. The molecule has 2 aromatic carbocycles. The van der Waals surface area contributed by atoms with Crippen LogP contribution in [0.2, 0.25) is 0 Å². The minimum absolute atomic E-state index is 0. The monoisotopic (exact) mass is 330 g/mol. The average Bonchev–Trinajstić information content (AvgIpc) is 2.92. The van der Waals surface area contributed by atoms with Crippen LogP contribution >= 0.6 is 12.4 Å². The second kappa shape index (κ2) is 6.22. The number of carbonyl (C=O) groups excluding carboxylic acids is 1. The van der Waals surface area contributed by atoms with Gasteiger partial charge in [0.1, 0.15) is 5.58 Å². The van der Waals surface area contributed by atoms with Crippen LogP contribution in [0.25, 0.3) is 21.7 Å². The first-order chi connectivity index (χ1) is 10.8. The van der Waals surface area contributed by atoms with E-state index in [1.165, 1.54) is 0 Å². The van der Waals surface area contributed by atoms with E-state index in [0.29, 0.717) is 5.76 Å². The molecule has 0 saturated carbocycles. The maximum absolute atomic E-state index is 12.7. The highest BCUT2D eigenvalue weighted by Gasteiger charge is 2.24. The zero-order chi connectivity index (χ0) is 15.1. The van der Waals surface area contributed by atoms with E-state index in [2.05, 4.69) is 17.4 Å². The summed E-state index contributed by atoms with van der Waals surface area (Å²) < 4.78 is 6.02. The Morgan fingerprint density at radius 1 is 1.09 bits per heavy atom. The van der Waals surface area contributed by atoms with E-state index in [1.807, 2.05) is 36.1 Å². The molecule has 1 fully saturated rings. The number of furan rings is 1. The Kier molecular flexibility index (Phi) is 4.28. The van der Waals surface area contributed by atoms with Crippen LogP contribution in [0.15, 0.2) is 40.8 Å². The minimum atomic E-state index is -0.000666. The van der Waals surface area contributed by atoms with Crippen molar-refractivity contribution < 1.29 is 9.21 Å². The fourth-order valence-corrected chi connectivity index (χ4v) is 3.16.